The number of sulfonamides is 1. The van der Waals surface area contributed by atoms with Crippen LogP contribution in [0.1, 0.15) is 29.8 Å². The fourth-order valence-corrected chi connectivity index (χ4v) is 5.48. The van der Waals surface area contributed by atoms with Crippen LogP contribution in [0.25, 0.3) is 5.69 Å². The van der Waals surface area contributed by atoms with Crippen molar-refractivity contribution in [1.82, 2.24) is 14.1 Å². The molecule has 168 valence electrons. The second-order valence-electron chi connectivity index (χ2n) is 7.19. The third-order valence-electron chi connectivity index (χ3n) is 5.02. The molecule has 0 bridgehead atoms. The summed E-state index contributed by atoms with van der Waals surface area (Å²) >= 11 is 6.86. The van der Waals surface area contributed by atoms with Crippen molar-refractivity contribution in [2.75, 3.05) is 20.2 Å². The summed E-state index contributed by atoms with van der Waals surface area (Å²) in [5, 5.41) is 4.84. The third kappa shape index (κ3) is 4.87. The van der Waals surface area contributed by atoms with Crippen LogP contribution < -0.4 is 9.41 Å². The Labute approximate surface area is 194 Å². The number of hydrogen-bond acceptors (Lipinski definition) is 6. The molecule has 0 unspecified atom stereocenters. The van der Waals surface area contributed by atoms with Crippen molar-refractivity contribution in [3.05, 3.63) is 63.9 Å². The number of ether oxygens (including phenoxy) is 1. The van der Waals surface area contributed by atoms with Crippen LogP contribution in [0.3, 0.4) is 0 Å². The topological polar surface area (TPSA) is 93.9 Å². The predicted octanol–water partition coefficient (Wildman–Crippen LogP) is 3.51. The van der Waals surface area contributed by atoms with Gasteiger partial charge in [-0.2, -0.15) is 12.5 Å². The number of rotatable bonds is 5. The Morgan fingerprint density at radius 1 is 1.06 bits per heavy atom. The highest BCUT2D eigenvalue weighted by Gasteiger charge is 2.25. The molecule has 32 heavy (non-hydrogen) atoms. The lowest BCUT2D eigenvalue weighted by Gasteiger charge is -2.25. The fraction of sp³-hybridized carbons (Fsp3) is 0.286. The van der Waals surface area contributed by atoms with Gasteiger partial charge in [-0.05, 0) is 79.3 Å². The maximum atomic E-state index is 13.2. The van der Waals surface area contributed by atoms with Crippen molar-refractivity contribution >= 4 is 39.1 Å². The van der Waals surface area contributed by atoms with Gasteiger partial charge in [-0.15, -0.1) is 9.50 Å². The monoisotopic (exact) mass is 492 g/mol. The zero-order valence-electron chi connectivity index (χ0n) is 17.3. The molecule has 4 rings (SSSR count). The van der Waals surface area contributed by atoms with E-state index in [0.29, 0.717) is 29.5 Å². The average molecular weight is 493 g/mol. The first-order valence-electron chi connectivity index (χ1n) is 9.98. The Kier molecular flexibility index (Phi) is 6.63. The highest BCUT2D eigenvalue weighted by Crippen LogP contribution is 2.19. The molecule has 0 radical (unpaired) electrons. The number of amides is 1. The Bertz CT molecular complexity index is 1280. The van der Waals surface area contributed by atoms with Crippen molar-refractivity contribution < 1.29 is 17.9 Å². The molecule has 0 saturated carbocycles. The number of hydrogen-bond donors (Lipinski definition) is 0. The molecular weight excluding hydrogens is 472 g/mol. The van der Waals surface area contributed by atoms with Gasteiger partial charge in [-0.3, -0.25) is 4.79 Å². The van der Waals surface area contributed by atoms with Crippen LogP contribution in [-0.4, -0.2) is 48.6 Å². The maximum Gasteiger partial charge on any atom is 0.283 e. The largest absolute Gasteiger partial charge is 0.497 e. The number of piperidine rings is 1. The summed E-state index contributed by atoms with van der Waals surface area (Å²) in [6, 6.07) is 12.8. The molecule has 1 aliphatic rings. The van der Waals surface area contributed by atoms with Crippen LogP contribution in [0, 0.1) is 0 Å². The van der Waals surface area contributed by atoms with E-state index >= 15 is 0 Å². The van der Waals surface area contributed by atoms with E-state index in [4.69, 9.17) is 16.3 Å². The van der Waals surface area contributed by atoms with Gasteiger partial charge in [0.1, 0.15) is 5.75 Å². The van der Waals surface area contributed by atoms with E-state index in [1.165, 1.54) is 28.3 Å². The number of aromatic nitrogens is 2. The van der Waals surface area contributed by atoms with E-state index in [2.05, 4.69) is 9.50 Å². The molecule has 0 aliphatic carbocycles. The molecule has 11 heteroatoms. The SMILES string of the molecule is COc1ccc(-n2nc(C(=O)N3CCCCC3)/c(=N\S(=O)(=O)c3ccc(Cl)cc3)s2)cc1. The van der Waals surface area contributed by atoms with E-state index in [1.54, 1.807) is 36.3 Å². The summed E-state index contributed by atoms with van der Waals surface area (Å²) in [6.45, 7) is 1.23. The van der Waals surface area contributed by atoms with Gasteiger partial charge in [0.15, 0.2) is 10.4 Å². The second-order valence-corrected chi connectivity index (χ2v) is 10.1. The van der Waals surface area contributed by atoms with E-state index in [1.807, 2.05) is 0 Å². The molecule has 1 aliphatic heterocycles. The molecule has 1 saturated heterocycles. The minimum Gasteiger partial charge on any atom is -0.497 e. The molecule has 0 atom stereocenters. The molecule has 1 aromatic heterocycles. The average Bonchev–Trinajstić information content (AvgIpc) is 3.22. The number of nitrogens with zero attached hydrogens (tertiary/aromatic N) is 4. The van der Waals surface area contributed by atoms with Crippen molar-refractivity contribution in [2.24, 2.45) is 4.40 Å². The van der Waals surface area contributed by atoms with Gasteiger partial charge < -0.3 is 9.64 Å². The summed E-state index contributed by atoms with van der Waals surface area (Å²) in [7, 11) is -2.49. The van der Waals surface area contributed by atoms with E-state index in [9.17, 15) is 13.2 Å². The van der Waals surface area contributed by atoms with Crippen LogP contribution in [0.4, 0.5) is 0 Å². The quantitative estimate of drug-likeness (QED) is 0.543. The van der Waals surface area contributed by atoms with Gasteiger partial charge >= 0.3 is 0 Å². The Hall–Kier alpha value is -2.69. The second kappa shape index (κ2) is 9.43. The maximum absolute atomic E-state index is 13.2. The minimum atomic E-state index is -4.06. The lowest BCUT2D eigenvalue weighted by atomic mass is 10.1. The molecule has 1 fully saturated rings. The Morgan fingerprint density at radius 3 is 2.34 bits per heavy atom. The van der Waals surface area contributed by atoms with Gasteiger partial charge in [0, 0.05) is 18.1 Å². The number of carbonyl (C=O) groups excluding carboxylic acids is 1. The third-order valence-corrected chi connectivity index (χ3v) is 7.60. The number of likely N-dealkylation sites (tertiary alicyclic amines) is 1. The van der Waals surface area contributed by atoms with Crippen molar-refractivity contribution in [3.8, 4) is 11.4 Å². The van der Waals surface area contributed by atoms with Gasteiger partial charge in [0.05, 0.1) is 17.7 Å². The first kappa shape index (κ1) is 22.5. The molecule has 2 heterocycles. The van der Waals surface area contributed by atoms with Crippen molar-refractivity contribution in [3.63, 3.8) is 0 Å². The van der Waals surface area contributed by atoms with E-state index in [0.717, 1.165) is 30.8 Å². The zero-order chi connectivity index (χ0) is 22.7. The smallest absolute Gasteiger partial charge is 0.283 e. The summed E-state index contributed by atoms with van der Waals surface area (Å²) in [5.74, 6) is 0.351. The lowest BCUT2D eigenvalue weighted by Crippen LogP contribution is -2.38. The number of halogens is 1. The lowest BCUT2D eigenvalue weighted by molar-refractivity contribution is 0.0716. The summed E-state index contributed by atoms with van der Waals surface area (Å²) < 4.78 is 36.5. The minimum absolute atomic E-state index is 0.0114. The van der Waals surface area contributed by atoms with Gasteiger partial charge in [-0.25, -0.2) is 0 Å². The van der Waals surface area contributed by atoms with Crippen LogP contribution in [0.5, 0.6) is 5.75 Å². The van der Waals surface area contributed by atoms with Gasteiger partial charge in [0.25, 0.3) is 15.9 Å². The predicted molar refractivity (Wildman–Crippen MR) is 122 cm³/mol. The summed E-state index contributed by atoms with van der Waals surface area (Å²) in [4.78, 5) is 14.9. The Morgan fingerprint density at radius 2 is 1.72 bits per heavy atom. The number of methoxy groups -OCH3 is 1. The number of benzene rings is 2. The summed E-state index contributed by atoms with van der Waals surface area (Å²) in [5.41, 5.74) is 0.680. The normalized spacial score (nSPS) is 15.1. The van der Waals surface area contributed by atoms with Crippen molar-refractivity contribution in [1.29, 1.82) is 0 Å². The van der Waals surface area contributed by atoms with Crippen LogP contribution in [0.15, 0.2) is 57.8 Å². The summed E-state index contributed by atoms with van der Waals surface area (Å²) in [6.07, 6.45) is 2.88. The van der Waals surface area contributed by atoms with E-state index < -0.39 is 10.0 Å². The molecule has 3 aromatic rings. The van der Waals surface area contributed by atoms with Crippen molar-refractivity contribution in [2.45, 2.75) is 24.2 Å². The standard InChI is InChI=1S/C21H21ClN4O4S2/c1-30-17-9-7-16(8-10-17)26-23-19(21(27)25-13-3-2-4-14-25)20(31-26)24-32(28,29)18-11-5-15(22)6-12-18/h5-12H,2-4,13-14H2,1H3/b24-20+. The van der Waals surface area contributed by atoms with E-state index in [-0.39, 0.29) is 21.2 Å². The Balaban J connectivity index is 1.81. The molecule has 2 aromatic carbocycles. The highest BCUT2D eigenvalue weighted by atomic mass is 35.5. The molecule has 0 N–H and O–H groups in total. The number of carbonyl (C=O) groups is 1. The van der Waals surface area contributed by atoms with Crippen LogP contribution in [-0.2, 0) is 10.0 Å². The highest BCUT2D eigenvalue weighted by molar-refractivity contribution is 7.90. The van der Waals surface area contributed by atoms with Crippen LogP contribution >= 0.6 is 23.1 Å². The van der Waals surface area contributed by atoms with Gasteiger partial charge in [0.2, 0.25) is 0 Å². The fourth-order valence-electron chi connectivity index (χ4n) is 3.31. The molecule has 8 nitrogen and oxygen atoms in total. The van der Waals surface area contributed by atoms with Gasteiger partial charge in [-0.1, -0.05) is 11.6 Å². The van der Waals surface area contributed by atoms with Crippen LogP contribution in [0.2, 0.25) is 5.02 Å². The molecular formula is C21H21ClN4O4S2. The first-order chi connectivity index (χ1) is 15.4. The molecule has 1 amide bonds. The first-order valence-corrected chi connectivity index (χ1v) is 12.6. The zero-order valence-corrected chi connectivity index (χ0v) is 19.7. The molecule has 0 spiro atoms.